The van der Waals surface area contributed by atoms with Crippen molar-refractivity contribution in [2.75, 3.05) is 13.1 Å². The molecule has 74 valence electrons. The summed E-state index contributed by atoms with van der Waals surface area (Å²) in [6.07, 6.45) is -6.22. The van der Waals surface area contributed by atoms with E-state index in [-0.39, 0.29) is 25.1 Å². The second-order valence-electron chi connectivity index (χ2n) is 2.64. The van der Waals surface area contributed by atoms with Crippen LogP contribution in [-0.2, 0) is 4.74 Å². The average molecular weight is 206 g/mol. The molecular weight excluding hydrogens is 195 g/mol. The first-order valence-electron chi connectivity index (χ1n) is 3.43. The molecule has 1 fully saturated rings. The van der Waals surface area contributed by atoms with Crippen LogP contribution in [0.1, 0.15) is 6.92 Å². The summed E-state index contributed by atoms with van der Waals surface area (Å²) < 4.78 is 40.5. The zero-order valence-electron chi connectivity index (χ0n) is 6.52. The molecule has 0 radical (unpaired) electrons. The van der Waals surface area contributed by atoms with Crippen molar-refractivity contribution < 1.29 is 17.9 Å². The predicted octanol–water partition coefficient (Wildman–Crippen LogP) is 1.35. The maximum atomic E-state index is 11.9. The molecule has 0 aliphatic carbocycles. The summed E-state index contributed by atoms with van der Waals surface area (Å²) in [6.45, 7) is 1.98. The van der Waals surface area contributed by atoms with E-state index in [1.54, 1.807) is 6.92 Å². The Bertz CT molecular complexity index is 141. The van der Waals surface area contributed by atoms with Gasteiger partial charge in [-0.25, -0.2) is 0 Å². The summed E-state index contributed by atoms with van der Waals surface area (Å²) in [5.41, 5.74) is 0. The van der Waals surface area contributed by atoms with Gasteiger partial charge in [-0.3, -0.25) is 0 Å². The smallest absolute Gasteiger partial charge is 0.363 e. The molecule has 12 heavy (non-hydrogen) atoms. The van der Waals surface area contributed by atoms with Crippen molar-refractivity contribution in [2.24, 2.45) is 0 Å². The lowest BCUT2D eigenvalue weighted by Gasteiger charge is -2.29. The molecule has 0 unspecified atom stereocenters. The largest absolute Gasteiger partial charge is 0.415 e. The van der Waals surface area contributed by atoms with Crippen molar-refractivity contribution in [2.45, 2.75) is 25.3 Å². The Hall–Kier alpha value is 0. The molecule has 2 nitrogen and oxygen atoms in total. The molecule has 0 amide bonds. The van der Waals surface area contributed by atoms with Crippen molar-refractivity contribution in [3.8, 4) is 0 Å². The normalized spacial score (nSPS) is 31.0. The molecule has 1 aliphatic rings. The van der Waals surface area contributed by atoms with Crippen molar-refractivity contribution in [3.63, 3.8) is 0 Å². The molecule has 0 aromatic rings. The number of alkyl halides is 3. The first-order chi connectivity index (χ1) is 5.00. The van der Waals surface area contributed by atoms with E-state index >= 15 is 0 Å². The van der Waals surface area contributed by atoms with Gasteiger partial charge in [0.1, 0.15) is 0 Å². The highest BCUT2D eigenvalue weighted by Crippen LogP contribution is 2.24. The molecule has 0 bridgehead atoms. The Balaban J connectivity index is 0.00000121. The van der Waals surface area contributed by atoms with Gasteiger partial charge in [0.2, 0.25) is 0 Å². The molecule has 1 rings (SSSR count). The van der Waals surface area contributed by atoms with Crippen LogP contribution in [0.25, 0.3) is 0 Å². The van der Waals surface area contributed by atoms with E-state index in [0.717, 1.165) is 0 Å². The summed E-state index contributed by atoms with van der Waals surface area (Å²) in [4.78, 5) is 0. The number of halogens is 4. The van der Waals surface area contributed by atoms with Crippen LogP contribution in [0.5, 0.6) is 0 Å². The third-order valence-electron chi connectivity index (χ3n) is 1.52. The quantitative estimate of drug-likeness (QED) is 0.645. The van der Waals surface area contributed by atoms with E-state index in [1.165, 1.54) is 0 Å². The highest BCUT2D eigenvalue weighted by atomic mass is 35.5. The minimum Gasteiger partial charge on any atom is -0.363 e. The number of hydrogen-bond donors (Lipinski definition) is 1. The Morgan fingerprint density at radius 3 is 2.25 bits per heavy atom. The molecule has 0 aromatic heterocycles. The monoisotopic (exact) mass is 205 g/mol. The first-order valence-corrected chi connectivity index (χ1v) is 3.43. The minimum absolute atomic E-state index is 0. The van der Waals surface area contributed by atoms with Crippen LogP contribution in [0.2, 0.25) is 0 Å². The molecular formula is C6H11ClF3NO. The van der Waals surface area contributed by atoms with Crippen LogP contribution in [0.4, 0.5) is 13.2 Å². The molecule has 0 spiro atoms. The second-order valence-corrected chi connectivity index (χ2v) is 2.64. The molecule has 6 heteroatoms. The third-order valence-corrected chi connectivity index (χ3v) is 1.52. The summed E-state index contributed by atoms with van der Waals surface area (Å²) in [5.74, 6) is 0. The number of rotatable bonds is 0. The minimum atomic E-state index is -4.23. The Morgan fingerprint density at radius 2 is 1.92 bits per heavy atom. The van der Waals surface area contributed by atoms with Crippen LogP contribution < -0.4 is 5.32 Å². The third kappa shape index (κ3) is 3.16. The fourth-order valence-corrected chi connectivity index (χ4v) is 0.987. The molecule has 1 saturated heterocycles. The Kier molecular flexibility index (Phi) is 4.30. The lowest BCUT2D eigenvalue weighted by molar-refractivity contribution is -0.237. The van der Waals surface area contributed by atoms with Gasteiger partial charge in [0.15, 0.2) is 6.10 Å². The number of nitrogens with one attached hydrogen (secondary N) is 1. The maximum absolute atomic E-state index is 11.9. The van der Waals surface area contributed by atoms with Gasteiger partial charge in [0.25, 0.3) is 0 Å². The second kappa shape index (κ2) is 4.30. The van der Waals surface area contributed by atoms with Gasteiger partial charge in [0, 0.05) is 13.1 Å². The van der Waals surface area contributed by atoms with Gasteiger partial charge in [-0.1, -0.05) is 0 Å². The molecule has 0 saturated carbocycles. The average Bonchev–Trinajstić information content (AvgIpc) is 1.86. The number of ether oxygens (including phenoxy) is 1. The summed E-state index contributed by atoms with van der Waals surface area (Å²) in [6, 6.07) is 0. The van der Waals surface area contributed by atoms with E-state index in [1.807, 2.05) is 0 Å². The fourth-order valence-electron chi connectivity index (χ4n) is 0.987. The Morgan fingerprint density at radius 1 is 1.33 bits per heavy atom. The zero-order chi connectivity index (χ0) is 8.48. The van der Waals surface area contributed by atoms with E-state index in [9.17, 15) is 13.2 Å². The topological polar surface area (TPSA) is 21.3 Å². The standard InChI is InChI=1S/C6H10F3NO.ClH/c1-4-2-10-3-5(11-4)6(7,8)9;/h4-5,10H,2-3H2,1H3;1H/t4-,5-;/m1./s1. The lowest BCUT2D eigenvalue weighted by atomic mass is 10.2. The van der Waals surface area contributed by atoms with Gasteiger partial charge in [-0.15, -0.1) is 12.4 Å². The fraction of sp³-hybridized carbons (Fsp3) is 1.00. The SMILES string of the molecule is C[C@@H]1CNC[C@H](C(F)(F)F)O1.Cl. The molecule has 1 aliphatic heterocycles. The summed E-state index contributed by atoms with van der Waals surface area (Å²) in [7, 11) is 0. The van der Waals surface area contributed by atoms with Crippen LogP contribution in [0.3, 0.4) is 0 Å². The molecule has 1 N–H and O–H groups in total. The Labute approximate surface area is 74.9 Å². The van der Waals surface area contributed by atoms with Crippen molar-refractivity contribution in [3.05, 3.63) is 0 Å². The van der Waals surface area contributed by atoms with Crippen LogP contribution in [-0.4, -0.2) is 31.5 Å². The van der Waals surface area contributed by atoms with Crippen molar-refractivity contribution in [1.29, 1.82) is 0 Å². The zero-order valence-corrected chi connectivity index (χ0v) is 7.34. The van der Waals surface area contributed by atoms with E-state index in [4.69, 9.17) is 0 Å². The number of hydrogen-bond acceptors (Lipinski definition) is 2. The molecule has 2 atom stereocenters. The van der Waals surface area contributed by atoms with Crippen molar-refractivity contribution in [1.82, 2.24) is 5.32 Å². The van der Waals surface area contributed by atoms with Gasteiger partial charge in [0.05, 0.1) is 6.10 Å². The molecule has 0 aromatic carbocycles. The van der Waals surface area contributed by atoms with E-state index in [2.05, 4.69) is 10.1 Å². The highest BCUT2D eigenvalue weighted by molar-refractivity contribution is 5.85. The maximum Gasteiger partial charge on any atom is 0.415 e. The van der Waals surface area contributed by atoms with E-state index in [0.29, 0.717) is 6.54 Å². The van der Waals surface area contributed by atoms with Gasteiger partial charge >= 0.3 is 6.18 Å². The lowest BCUT2D eigenvalue weighted by Crippen LogP contribution is -2.50. The predicted molar refractivity (Wildman–Crippen MR) is 40.5 cm³/mol. The van der Waals surface area contributed by atoms with Crippen LogP contribution >= 0.6 is 12.4 Å². The highest BCUT2D eigenvalue weighted by Gasteiger charge is 2.42. The van der Waals surface area contributed by atoms with Gasteiger partial charge in [-0.2, -0.15) is 13.2 Å². The van der Waals surface area contributed by atoms with Crippen LogP contribution in [0.15, 0.2) is 0 Å². The van der Waals surface area contributed by atoms with Gasteiger partial charge < -0.3 is 10.1 Å². The summed E-state index contributed by atoms with van der Waals surface area (Å²) >= 11 is 0. The first kappa shape index (κ1) is 12.0. The summed E-state index contributed by atoms with van der Waals surface area (Å²) in [5, 5.41) is 2.65. The van der Waals surface area contributed by atoms with E-state index < -0.39 is 12.3 Å². The number of morpholine rings is 1. The van der Waals surface area contributed by atoms with Crippen LogP contribution in [0, 0.1) is 0 Å². The molecule has 1 heterocycles. The van der Waals surface area contributed by atoms with Gasteiger partial charge in [-0.05, 0) is 6.92 Å². The van der Waals surface area contributed by atoms with Crippen molar-refractivity contribution >= 4 is 12.4 Å².